The van der Waals surface area contributed by atoms with Gasteiger partial charge in [-0.25, -0.2) is 0 Å². The van der Waals surface area contributed by atoms with E-state index >= 15 is 0 Å². The molecule has 1 aromatic carbocycles. The summed E-state index contributed by atoms with van der Waals surface area (Å²) in [5.74, 6) is 0.766. The van der Waals surface area contributed by atoms with E-state index in [0.717, 1.165) is 12.3 Å². The molecule has 0 aliphatic heterocycles. The molecule has 0 fully saturated rings. The molecule has 1 rings (SSSR count). The Kier molecular flexibility index (Phi) is 5.04. The van der Waals surface area contributed by atoms with Crippen LogP contribution in [0.5, 0.6) is 0 Å². The lowest BCUT2D eigenvalue weighted by atomic mass is 10.1. The van der Waals surface area contributed by atoms with Crippen molar-refractivity contribution in [3.63, 3.8) is 0 Å². The van der Waals surface area contributed by atoms with Crippen LogP contribution in [-0.4, -0.2) is 17.8 Å². The molecule has 0 heterocycles. The topological polar surface area (TPSA) is 35.8 Å². The minimum Gasteiger partial charge on any atom is -0.299 e. The molecule has 0 saturated heterocycles. The van der Waals surface area contributed by atoms with Crippen LogP contribution in [0.1, 0.15) is 25.0 Å². The smallest absolute Gasteiger partial charge is 0.113 e. The predicted molar refractivity (Wildman–Crippen MR) is 74.3 cm³/mol. The SMILES string of the molecule is CCNC(C)(C#N)CSc1cc(C)ccc1C. The van der Waals surface area contributed by atoms with Crippen molar-refractivity contribution in [2.24, 2.45) is 0 Å². The van der Waals surface area contributed by atoms with Crippen molar-refractivity contribution in [2.45, 2.75) is 38.1 Å². The molecule has 0 aliphatic rings. The fraction of sp³-hybridized carbons (Fsp3) is 0.500. The number of aryl methyl sites for hydroxylation is 2. The van der Waals surface area contributed by atoms with Gasteiger partial charge in [-0.3, -0.25) is 5.32 Å². The van der Waals surface area contributed by atoms with Crippen LogP contribution in [0.2, 0.25) is 0 Å². The van der Waals surface area contributed by atoms with E-state index in [9.17, 15) is 5.26 Å². The van der Waals surface area contributed by atoms with E-state index < -0.39 is 5.54 Å². The monoisotopic (exact) mass is 248 g/mol. The molecule has 0 spiro atoms. The fourth-order valence-corrected chi connectivity index (χ4v) is 2.77. The third kappa shape index (κ3) is 4.07. The molecule has 1 aromatic rings. The first-order chi connectivity index (χ1) is 8.00. The van der Waals surface area contributed by atoms with Crippen LogP contribution in [0, 0.1) is 25.2 Å². The fourth-order valence-electron chi connectivity index (χ4n) is 1.60. The minimum atomic E-state index is -0.449. The van der Waals surface area contributed by atoms with Crippen LogP contribution < -0.4 is 5.32 Å². The van der Waals surface area contributed by atoms with Gasteiger partial charge in [0.2, 0.25) is 0 Å². The summed E-state index contributed by atoms with van der Waals surface area (Å²) in [4.78, 5) is 1.27. The Hall–Kier alpha value is -0.980. The summed E-state index contributed by atoms with van der Waals surface area (Å²) in [6.07, 6.45) is 0. The van der Waals surface area contributed by atoms with Crippen LogP contribution in [0.4, 0.5) is 0 Å². The van der Waals surface area contributed by atoms with E-state index in [4.69, 9.17) is 0 Å². The van der Waals surface area contributed by atoms with E-state index in [1.165, 1.54) is 16.0 Å². The first kappa shape index (κ1) is 14.1. The largest absolute Gasteiger partial charge is 0.299 e. The number of rotatable bonds is 5. The van der Waals surface area contributed by atoms with E-state index in [1.54, 1.807) is 11.8 Å². The third-order valence-corrected chi connectivity index (χ3v) is 4.15. The minimum absolute atomic E-state index is 0.449. The first-order valence-corrected chi connectivity index (χ1v) is 6.85. The van der Waals surface area contributed by atoms with E-state index in [1.807, 2.05) is 13.8 Å². The van der Waals surface area contributed by atoms with Crippen molar-refractivity contribution in [2.75, 3.05) is 12.3 Å². The maximum atomic E-state index is 9.19. The lowest BCUT2D eigenvalue weighted by molar-refractivity contribution is 0.511. The van der Waals surface area contributed by atoms with Crippen LogP contribution in [-0.2, 0) is 0 Å². The molecule has 3 heteroatoms. The lowest BCUT2D eigenvalue weighted by Crippen LogP contribution is -2.43. The number of nitrogens with zero attached hydrogens (tertiary/aromatic N) is 1. The van der Waals surface area contributed by atoms with Crippen molar-refractivity contribution in [1.29, 1.82) is 5.26 Å². The van der Waals surface area contributed by atoms with E-state index in [0.29, 0.717) is 0 Å². The Morgan fingerprint density at radius 3 is 2.71 bits per heavy atom. The number of hydrogen-bond acceptors (Lipinski definition) is 3. The van der Waals surface area contributed by atoms with E-state index in [2.05, 4.69) is 43.4 Å². The number of hydrogen-bond donors (Lipinski definition) is 1. The summed E-state index contributed by atoms with van der Waals surface area (Å²) in [6, 6.07) is 8.79. The highest BCUT2D eigenvalue weighted by atomic mass is 32.2. The molecule has 0 amide bonds. The Morgan fingerprint density at radius 1 is 1.41 bits per heavy atom. The molecular weight excluding hydrogens is 228 g/mol. The van der Waals surface area contributed by atoms with Gasteiger partial charge >= 0.3 is 0 Å². The van der Waals surface area contributed by atoms with Gasteiger partial charge in [0.15, 0.2) is 0 Å². The Balaban J connectivity index is 2.73. The highest BCUT2D eigenvalue weighted by Crippen LogP contribution is 2.26. The van der Waals surface area contributed by atoms with Crippen molar-refractivity contribution in [3.8, 4) is 6.07 Å². The quantitative estimate of drug-likeness (QED) is 0.812. The molecule has 0 aliphatic carbocycles. The Labute approximate surface area is 108 Å². The van der Waals surface area contributed by atoms with Crippen LogP contribution in [0.15, 0.2) is 23.1 Å². The van der Waals surface area contributed by atoms with Gasteiger partial charge in [0.25, 0.3) is 0 Å². The first-order valence-electron chi connectivity index (χ1n) is 5.87. The van der Waals surface area contributed by atoms with Crippen molar-refractivity contribution < 1.29 is 0 Å². The third-order valence-electron chi connectivity index (χ3n) is 2.67. The van der Waals surface area contributed by atoms with Gasteiger partial charge in [-0.2, -0.15) is 5.26 Å². The number of nitriles is 1. The van der Waals surface area contributed by atoms with Crippen molar-refractivity contribution in [3.05, 3.63) is 29.3 Å². The van der Waals surface area contributed by atoms with Gasteiger partial charge in [-0.15, -0.1) is 11.8 Å². The molecule has 1 N–H and O–H groups in total. The second-order valence-corrected chi connectivity index (χ2v) is 5.55. The molecule has 1 atom stereocenters. The summed E-state index contributed by atoms with van der Waals surface area (Å²) in [5, 5.41) is 12.4. The molecule has 0 bridgehead atoms. The molecule has 2 nitrogen and oxygen atoms in total. The molecule has 0 radical (unpaired) electrons. The molecule has 0 aromatic heterocycles. The molecule has 17 heavy (non-hydrogen) atoms. The van der Waals surface area contributed by atoms with E-state index in [-0.39, 0.29) is 0 Å². The van der Waals surface area contributed by atoms with Crippen LogP contribution in [0.3, 0.4) is 0 Å². The van der Waals surface area contributed by atoms with Crippen LogP contribution >= 0.6 is 11.8 Å². The highest BCUT2D eigenvalue weighted by molar-refractivity contribution is 7.99. The summed E-state index contributed by atoms with van der Waals surface area (Å²) < 4.78 is 0. The maximum Gasteiger partial charge on any atom is 0.113 e. The summed E-state index contributed by atoms with van der Waals surface area (Å²) in [7, 11) is 0. The maximum absolute atomic E-state index is 9.19. The zero-order chi connectivity index (χ0) is 12.9. The Bertz CT molecular complexity index is 423. The molecular formula is C14H20N2S. The average molecular weight is 248 g/mol. The molecule has 1 unspecified atom stereocenters. The summed E-state index contributed by atoms with van der Waals surface area (Å²) in [5.41, 5.74) is 2.09. The zero-order valence-electron chi connectivity index (χ0n) is 11.0. The van der Waals surface area contributed by atoms with Crippen LogP contribution in [0.25, 0.3) is 0 Å². The van der Waals surface area contributed by atoms with Crippen molar-refractivity contribution >= 4 is 11.8 Å². The van der Waals surface area contributed by atoms with Gasteiger partial charge < -0.3 is 0 Å². The standard InChI is InChI=1S/C14H20N2S/c1-5-16-14(4,9-15)10-17-13-8-11(2)6-7-12(13)3/h6-8,16H,5,10H2,1-4H3. The van der Waals surface area contributed by atoms with Gasteiger partial charge in [0.05, 0.1) is 6.07 Å². The normalized spacial score (nSPS) is 14.1. The summed E-state index contributed by atoms with van der Waals surface area (Å²) in [6.45, 7) is 9.00. The second-order valence-electron chi connectivity index (χ2n) is 4.53. The lowest BCUT2D eigenvalue weighted by Gasteiger charge is -2.22. The highest BCUT2D eigenvalue weighted by Gasteiger charge is 2.22. The molecule has 0 saturated carbocycles. The predicted octanol–water partition coefficient (Wildman–Crippen LogP) is 3.29. The number of nitrogens with one attached hydrogen (secondary N) is 1. The number of thioether (sulfide) groups is 1. The molecule has 92 valence electrons. The zero-order valence-corrected chi connectivity index (χ0v) is 11.8. The number of benzene rings is 1. The van der Waals surface area contributed by atoms with Crippen molar-refractivity contribution in [1.82, 2.24) is 5.32 Å². The Morgan fingerprint density at radius 2 is 2.12 bits per heavy atom. The average Bonchev–Trinajstić information content (AvgIpc) is 2.31. The van der Waals surface area contributed by atoms with Gasteiger partial charge in [-0.1, -0.05) is 24.6 Å². The van der Waals surface area contributed by atoms with Gasteiger partial charge in [0.1, 0.15) is 5.54 Å². The summed E-state index contributed by atoms with van der Waals surface area (Å²) >= 11 is 1.75. The second kappa shape index (κ2) is 6.09. The van der Waals surface area contributed by atoms with Gasteiger partial charge in [0, 0.05) is 10.6 Å². The van der Waals surface area contributed by atoms with Gasteiger partial charge in [-0.05, 0) is 38.9 Å².